The van der Waals surface area contributed by atoms with Crippen molar-refractivity contribution in [2.45, 2.75) is 31.6 Å². The summed E-state index contributed by atoms with van der Waals surface area (Å²) in [6.45, 7) is 6.69. The van der Waals surface area contributed by atoms with Crippen molar-refractivity contribution in [3.63, 3.8) is 0 Å². The van der Waals surface area contributed by atoms with Crippen molar-refractivity contribution in [2.75, 3.05) is 0 Å². The Kier molecular flexibility index (Phi) is 10.9. The van der Waals surface area contributed by atoms with Gasteiger partial charge in [-0.3, -0.25) is 4.57 Å². The van der Waals surface area contributed by atoms with Crippen LogP contribution in [-0.4, -0.2) is 14.1 Å². The zero-order valence-electron chi connectivity index (χ0n) is 45.7. The maximum atomic E-state index is 6.77. The van der Waals surface area contributed by atoms with Crippen molar-refractivity contribution in [1.29, 1.82) is 0 Å². The number of pyridine rings is 1. The van der Waals surface area contributed by atoms with Gasteiger partial charge in [0, 0.05) is 44.3 Å². The Morgan fingerprint density at radius 3 is 1.69 bits per heavy atom. The van der Waals surface area contributed by atoms with Gasteiger partial charge in [0.25, 0.3) is 6.33 Å². The van der Waals surface area contributed by atoms with E-state index in [9.17, 15) is 0 Å². The van der Waals surface area contributed by atoms with Gasteiger partial charge in [0.1, 0.15) is 5.82 Å². The number of hydrogen-bond donors (Lipinski definition) is 0. The van der Waals surface area contributed by atoms with E-state index in [2.05, 4.69) is 277 Å². The summed E-state index contributed by atoms with van der Waals surface area (Å²) in [5.41, 5.74) is 26.3. The Labute approximate surface area is 496 Å². The van der Waals surface area contributed by atoms with E-state index in [0.717, 1.165) is 77.8 Å². The van der Waals surface area contributed by atoms with E-state index in [1.807, 2.05) is 24.4 Å². The van der Waals surface area contributed by atoms with Crippen LogP contribution in [0.4, 0.5) is 0 Å². The van der Waals surface area contributed by atoms with Gasteiger partial charge in [-0.2, -0.15) is 18.2 Å². The van der Waals surface area contributed by atoms with Gasteiger partial charge in [-0.15, -0.1) is 29.7 Å². The van der Waals surface area contributed by atoms with Gasteiger partial charge in [-0.05, 0) is 147 Å². The summed E-state index contributed by atoms with van der Waals surface area (Å²) in [6, 6.07) is 95.9. The Balaban J connectivity index is 0.00000565. The number of nitrogens with zero attached hydrogens (tertiary/aromatic N) is 4. The Morgan fingerprint density at radius 1 is 0.446 bits per heavy atom. The largest absolute Gasteiger partial charge is 0.510 e. The molecule has 5 nitrogen and oxygen atoms in total. The average molecular weight is 1240 g/mol. The second-order valence-electron chi connectivity index (χ2n) is 23.0. The number of hydrogen-bond acceptors (Lipinski definition) is 2. The van der Waals surface area contributed by atoms with Crippen LogP contribution in [0.2, 0.25) is 0 Å². The van der Waals surface area contributed by atoms with Crippen LogP contribution in [0, 0.1) is 18.5 Å². The molecule has 0 saturated carbocycles. The molecule has 0 saturated heterocycles. The summed E-state index contributed by atoms with van der Waals surface area (Å²) in [6.07, 6.45) is 5.81. The van der Waals surface area contributed by atoms with Crippen LogP contribution in [0.25, 0.3) is 117 Å². The van der Waals surface area contributed by atoms with Gasteiger partial charge in [0.2, 0.25) is 0 Å². The summed E-state index contributed by atoms with van der Waals surface area (Å²) in [5, 5.41) is 2.21. The molecule has 1 spiro atoms. The second kappa shape index (κ2) is 18.4. The van der Waals surface area contributed by atoms with Crippen molar-refractivity contribution >= 4 is 32.8 Å². The van der Waals surface area contributed by atoms with Crippen molar-refractivity contribution in [3.05, 3.63) is 295 Å². The molecule has 0 unspecified atom stereocenters. The van der Waals surface area contributed by atoms with Crippen LogP contribution in [0.3, 0.4) is 0 Å². The molecule has 83 heavy (non-hydrogen) atoms. The Hall–Kier alpha value is -9.67. The quantitative estimate of drug-likeness (QED) is 0.127. The number of ether oxygens (including phenoxy) is 1. The van der Waals surface area contributed by atoms with Crippen LogP contribution in [-0.2, 0) is 31.9 Å². The first kappa shape index (κ1) is 49.2. The van der Waals surface area contributed by atoms with Gasteiger partial charge < -0.3 is 13.9 Å². The third-order valence-electron chi connectivity index (χ3n) is 17.6. The normalized spacial score (nSPS) is 13.0. The molecule has 2 aliphatic carbocycles. The van der Waals surface area contributed by atoms with E-state index in [1.54, 1.807) is 0 Å². The number of para-hydroxylation sites is 2. The number of imidazole rings is 1. The van der Waals surface area contributed by atoms with Crippen LogP contribution in [0.15, 0.2) is 249 Å². The summed E-state index contributed by atoms with van der Waals surface area (Å²) < 4.78 is 13.4. The SMILES string of the molecule is CC(C)(C)c1ccnc(-n2c3[c-]c(Oc4[c-]c(-n5[c-][n+]6c7c(cccc75)-c5ccccc5-c5ccccc5-c5cc(-c7ccc8c(c7)-c7ccccc7C87c8ccccc8-c8ccccc87)ccc5-6)ccc4)ccc3c3ccccc32)c1.[Pt]. The van der Waals surface area contributed by atoms with Gasteiger partial charge in [-0.25, -0.2) is 4.98 Å². The molecular weight excluding hydrogens is 1190 g/mol. The molecule has 0 bridgehead atoms. The minimum absolute atomic E-state index is 0. The third kappa shape index (κ3) is 7.17. The summed E-state index contributed by atoms with van der Waals surface area (Å²) in [4.78, 5) is 4.90. The van der Waals surface area contributed by atoms with Crippen molar-refractivity contribution in [2.24, 2.45) is 0 Å². The maximum Gasteiger partial charge on any atom is 0.268 e. The minimum atomic E-state index is -0.400. The predicted octanol–water partition coefficient (Wildman–Crippen LogP) is 18.2. The molecule has 3 aliphatic rings. The number of benzene rings is 11. The van der Waals surface area contributed by atoms with Crippen molar-refractivity contribution in [3.8, 4) is 95.5 Å². The molecule has 14 aromatic rings. The third-order valence-corrected chi connectivity index (χ3v) is 17.6. The zero-order valence-corrected chi connectivity index (χ0v) is 48.0. The molecule has 0 fully saturated rings. The summed E-state index contributed by atoms with van der Waals surface area (Å²) >= 11 is 0. The molecule has 11 aromatic carbocycles. The molecule has 4 heterocycles. The standard InChI is InChI=1S/C77H50N4O.Pt/c1-76(2,3)50-40-41-78-74(44-50)81-71-32-15-11-27-61(71)62-37-36-53(46-73(62)81)82-52-19-16-18-51(45-52)79-47-80-70-39-35-49(43-65(70)57-23-7-5-21-55(57)54-20-4-6-22-56(54)63-28-17-33-72(79)75(63)80)48-34-38-69-64(42-48)60-26-10-14-31-68(60)77(69)66-29-12-8-24-58(66)59-25-9-13-30-67(59)77;/h4-44H,1-3H3;/q-2;. The molecule has 0 N–H and O–H groups in total. The van der Waals surface area contributed by atoms with E-state index in [4.69, 9.17) is 9.72 Å². The molecule has 17 rings (SSSR count). The van der Waals surface area contributed by atoms with Crippen LogP contribution in [0.1, 0.15) is 48.6 Å². The first-order valence-corrected chi connectivity index (χ1v) is 28.2. The Morgan fingerprint density at radius 2 is 0.988 bits per heavy atom. The number of aromatic nitrogens is 4. The molecule has 0 amide bonds. The number of fused-ring (bicyclic) bond motifs is 20. The monoisotopic (exact) mass is 1240 g/mol. The molecule has 396 valence electrons. The van der Waals surface area contributed by atoms with Crippen LogP contribution in [0.5, 0.6) is 11.5 Å². The fourth-order valence-electron chi connectivity index (χ4n) is 14.0. The van der Waals surface area contributed by atoms with Crippen molar-refractivity contribution in [1.82, 2.24) is 14.1 Å². The molecule has 0 atom stereocenters. The molecular formula is C77H50N4OPt-2. The van der Waals surface area contributed by atoms with Crippen LogP contribution >= 0.6 is 0 Å². The topological polar surface area (TPSA) is 35.9 Å². The van der Waals surface area contributed by atoms with E-state index in [-0.39, 0.29) is 26.5 Å². The predicted molar refractivity (Wildman–Crippen MR) is 330 cm³/mol. The fraction of sp³-hybridized carbons (Fsp3) is 0.0649. The summed E-state index contributed by atoms with van der Waals surface area (Å²) in [7, 11) is 0. The fourth-order valence-corrected chi connectivity index (χ4v) is 14.0. The summed E-state index contributed by atoms with van der Waals surface area (Å²) in [5.74, 6) is 1.99. The van der Waals surface area contributed by atoms with Crippen molar-refractivity contribution < 1.29 is 30.4 Å². The first-order chi connectivity index (χ1) is 40.3. The van der Waals surface area contributed by atoms with Crippen LogP contribution < -0.4 is 9.30 Å². The minimum Gasteiger partial charge on any atom is -0.510 e. The van der Waals surface area contributed by atoms with Gasteiger partial charge in [-0.1, -0.05) is 202 Å². The van der Waals surface area contributed by atoms with Gasteiger partial charge in [0.15, 0.2) is 0 Å². The average Bonchev–Trinajstić information content (AvgIpc) is 1.64. The zero-order chi connectivity index (χ0) is 54.4. The molecule has 0 radical (unpaired) electrons. The maximum absolute atomic E-state index is 6.77. The number of rotatable bonds is 5. The van der Waals surface area contributed by atoms with E-state index in [1.165, 1.54) is 66.8 Å². The molecule has 6 heteroatoms. The first-order valence-electron chi connectivity index (χ1n) is 28.2. The van der Waals surface area contributed by atoms with E-state index >= 15 is 0 Å². The second-order valence-corrected chi connectivity index (χ2v) is 23.0. The van der Waals surface area contributed by atoms with Gasteiger partial charge >= 0.3 is 0 Å². The molecule has 3 aromatic heterocycles. The smallest absolute Gasteiger partial charge is 0.268 e. The Bertz CT molecular complexity index is 4990. The van der Waals surface area contributed by atoms with E-state index in [0.29, 0.717) is 11.5 Å². The van der Waals surface area contributed by atoms with E-state index < -0.39 is 5.41 Å². The van der Waals surface area contributed by atoms with Gasteiger partial charge in [0.05, 0.1) is 22.1 Å². The molecule has 1 aliphatic heterocycles.